The van der Waals surface area contributed by atoms with Gasteiger partial charge in [-0.05, 0) is 13.3 Å². The molecule has 0 aliphatic carbocycles. The minimum Gasteiger partial charge on any atom is -0.398 e. The molecule has 0 spiro atoms. The molecule has 0 radical (unpaired) electrons. The van der Waals surface area contributed by atoms with Crippen LogP contribution in [-0.2, 0) is 0 Å². The van der Waals surface area contributed by atoms with Crippen molar-refractivity contribution in [1.82, 2.24) is 0 Å². The minimum atomic E-state index is 0.557. The van der Waals surface area contributed by atoms with Crippen molar-refractivity contribution in [1.29, 1.82) is 0 Å². The summed E-state index contributed by atoms with van der Waals surface area (Å²) in [5.74, 6) is 6.05. The van der Waals surface area contributed by atoms with E-state index < -0.39 is 0 Å². The van der Waals surface area contributed by atoms with Crippen molar-refractivity contribution >= 4 is 0 Å². The van der Waals surface area contributed by atoms with Gasteiger partial charge in [0.05, 0.1) is 0 Å². The van der Waals surface area contributed by atoms with Crippen molar-refractivity contribution in [2.75, 3.05) is 0 Å². The highest BCUT2D eigenvalue weighted by Gasteiger charge is 1.89. The summed E-state index contributed by atoms with van der Waals surface area (Å²) in [6, 6.07) is 0. The first kappa shape index (κ1) is 10.8. The van der Waals surface area contributed by atoms with E-state index in [9.17, 15) is 0 Å². The molecule has 0 atom stereocenters. The third-order valence-corrected chi connectivity index (χ3v) is 1.51. The highest BCUT2D eigenvalue weighted by Crippen LogP contribution is 1.99. The standard InChI is InChI=1S/C11H17N/c1-4-6-7-8-9-11(5-2)10(3)12/h5H,3-4,6-7,12H2,1-2H3/b11-5-. The van der Waals surface area contributed by atoms with Gasteiger partial charge in [0.1, 0.15) is 0 Å². The van der Waals surface area contributed by atoms with Gasteiger partial charge >= 0.3 is 0 Å². The maximum Gasteiger partial charge on any atom is 0.0426 e. The van der Waals surface area contributed by atoms with Gasteiger partial charge in [-0.15, -0.1) is 0 Å². The van der Waals surface area contributed by atoms with Crippen molar-refractivity contribution in [2.45, 2.75) is 33.1 Å². The number of hydrogen-bond acceptors (Lipinski definition) is 1. The van der Waals surface area contributed by atoms with E-state index in [0.717, 1.165) is 18.4 Å². The smallest absolute Gasteiger partial charge is 0.0426 e. The second-order valence-corrected chi connectivity index (χ2v) is 2.63. The van der Waals surface area contributed by atoms with Crippen LogP contribution in [0.5, 0.6) is 0 Å². The summed E-state index contributed by atoms with van der Waals surface area (Å²) in [4.78, 5) is 0. The summed E-state index contributed by atoms with van der Waals surface area (Å²) in [6.45, 7) is 7.70. The van der Waals surface area contributed by atoms with Crippen LogP contribution in [0.25, 0.3) is 0 Å². The van der Waals surface area contributed by atoms with Crippen LogP contribution in [0.4, 0.5) is 0 Å². The second-order valence-electron chi connectivity index (χ2n) is 2.63. The molecule has 2 N–H and O–H groups in total. The Labute approximate surface area is 75.3 Å². The van der Waals surface area contributed by atoms with Crippen molar-refractivity contribution in [3.63, 3.8) is 0 Å². The highest BCUT2D eigenvalue weighted by atomic mass is 14.6. The third kappa shape index (κ3) is 4.62. The van der Waals surface area contributed by atoms with Crippen LogP contribution in [0.2, 0.25) is 0 Å². The first-order valence-corrected chi connectivity index (χ1v) is 4.32. The van der Waals surface area contributed by atoms with E-state index >= 15 is 0 Å². The Bertz CT molecular complexity index is 225. The molecule has 0 amide bonds. The molecule has 0 rings (SSSR count). The Kier molecular flexibility index (Phi) is 5.91. The van der Waals surface area contributed by atoms with Crippen LogP contribution in [-0.4, -0.2) is 0 Å². The topological polar surface area (TPSA) is 26.0 Å². The van der Waals surface area contributed by atoms with Gasteiger partial charge in [-0.25, -0.2) is 0 Å². The van der Waals surface area contributed by atoms with E-state index in [1.165, 1.54) is 6.42 Å². The molecule has 0 heterocycles. The fraction of sp³-hybridized carbons (Fsp3) is 0.455. The molecule has 0 unspecified atom stereocenters. The van der Waals surface area contributed by atoms with Crippen molar-refractivity contribution in [2.24, 2.45) is 5.73 Å². The molecule has 0 fully saturated rings. The lowest BCUT2D eigenvalue weighted by molar-refractivity contribution is 0.828. The summed E-state index contributed by atoms with van der Waals surface area (Å²) in [5, 5.41) is 0. The molecule has 0 aromatic carbocycles. The summed E-state index contributed by atoms with van der Waals surface area (Å²) in [5.41, 5.74) is 6.91. The van der Waals surface area contributed by atoms with E-state index in [1.54, 1.807) is 0 Å². The molecule has 0 saturated heterocycles. The van der Waals surface area contributed by atoms with Crippen LogP contribution < -0.4 is 5.73 Å². The lowest BCUT2D eigenvalue weighted by Gasteiger charge is -1.94. The van der Waals surface area contributed by atoms with E-state index in [-0.39, 0.29) is 0 Å². The third-order valence-electron chi connectivity index (χ3n) is 1.51. The van der Waals surface area contributed by atoms with Gasteiger partial charge in [0.2, 0.25) is 0 Å². The number of hydrogen-bond donors (Lipinski definition) is 1. The Morgan fingerprint density at radius 2 is 2.25 bits per heavy atom. The monoisotopic (exact) mass is 163 g/mol. The Hall–Kier alpha value is -1.16. The van der Waals surface area contributed by atoms with E-state index in [0.29, 0.717) is 5.70 Å². The van der Waals surface area contributed by atoms with Gasteiger partial charge in [-0.1, -0.05) is 37.8 Å². The van der Waals surface area contributed by atoms with E-state index in [4.69, 9.17) is 5.73 Å². The minimum absolute atomic E-state index is 0.557. The fourth-order valence-electron chi connectivity index (χ4n) is 0.761. The average Bonchev–Trinajstić information content (AvgIpc) is 2.04. The van der Waals surface area contributed by atoms with Gasteiger partial charge in [-0.2, -0.15) is 0 Å². The molecule has 0 aromatic rings. The van der Waals surface area contributed by atoms with Gasteiger partial charge in [0.15, 0.2) is 0 Å². The molecule has 0 saturated carbocycles. The molecule has 0 aliphatic rings. The van der Waals surface area contributed by atoms with Gasteiger partial charge in [-0.3, -0.25) is 0 Å². The maximum atomic E-state index is 5.50. The van der Waals surface area contributed by atoms with Gasteiger partial charge in [0, 0.05) is 17.7 Å². The Morgan fingerprint density at radius 1 is 1.58 bits per heavy atom. The van der Waals surface area contributed by atoms with E-state index in [2.05, 4.69) is 25.3 Å². The average molecular weight is 163 g/mol. The molecule has 1 nitrogen and oxygen atoms in total. The number of nitrogens with two attached hydrogens (primary N) is 1. The molecule has 1 heteroatoms. The van der Waals surface area contributed by atoms with Crippen molar-refractivity contribution in [3.05, 3.63) is 23.9 Å². The first-order chi connectivity index (χ1) is 5.72. The van der Waals surface area contributed by atoms with Crippen LogP contribution in [0.1, 0.15) is 33.1 Å². The van der Waals surface area contributed by atoms with Crippen LogP contribution in [0, 0.1) is 11.8 Å². The zero-order chi connectivity index (χ0) is 9.40. The zero-order valence-electron chi connectivity index (χ0n) is 7.98. The predicted octanol–water partition coefficient (Wildman–Crippen LogP) is 2.60. The molecule has 0 aromatic heterocycles. The number of unbranched alkanes of at least 4 members (excludes halogenated alkanes) is 2. The summed E-state index contributed by atoms with van der Waals surface area (Å²) in [6.07, 6.45) is 5.17. The lowest BCUT2D eigenvalue weighted by atomic mass is 10.2. The quantitative estimate of drug-likeness (QED) is 0.386. The summed E-state index contributed by atoms with van der Waals surface area (Å²) in [7, 11) is 0. The highest BCUT2D eigenvalue weighted by molar-refractivity contribution is 5.41. The summed E-state index contributed by atoms with van der Waals surface area (Å²) >= 11 is 0. The molecular weight excluding hydrogens is 146 g/mol. The molecular formula is C11H17N. The molecule has 66 valence electrons. The van der Waals surface area contributed by atoms with Crippen LogP contribution in [0.15, 0.2) is 23.9 Å². The maximum absolute atomic E-state index is 5.50. The van der Waals surface area contributed by atoms with Gasteiger partial charge < -0.3 is 5.73 Å². The lowest BCUT2D eigenvalue weighted by Crippen LogP contribution is -1.96. The van der Waals surface area contributed by atoms with Crippen LogP contribution >= 0.6 is 0 Å². The Balaban J connectivity index is 4.00. The largest absolute Gasteiger partial charge is 0.398 e. The normalized spacial score (nSPS) is 10.3. The predicted molar refractivity (Wildman–Crippen MR) is 54.4 cm³/mol. The van der Waals surface area contributed by atoms with E-state index in [1.807, 2.05) is 13.0 Å². The van der Waals surface area contributed by atoms with Crippen LogP contribution in [0.3, 0.4) is 0 Å². The number of rotatable bonds is 3. The second kappa shape index (κ2) is 6.54. The molecule has 0 aliphatic heterocycles. The molecule has 12 heavy (non-hydrogen) atoms. The van der Waals surface area contributed by atoms with Gasteiger partial charge in [0.25, 0.3) is 0 Å². The SMILES string of the molecule is C=C(N)/C(C#CCCCC)=C\C. The Morgan fingerprint density at radius 3 is 2.67 bits per heavy atom. The fourth-order valence-corrected chi connectivity index (χ4v) is 0.761. The van der Waals surface area contributed by atoms with Crippen molar-refractivity contribution < 1.29 is 0 Å². The number of allylic oxidation sites excluding steroid dienone is 2. The first-order valence-electron chi connectivity index (χ1n) is 4.32. The molecule has 0 bridgehead atoms. The zero-order valence-corrected chi connectivity index (χ0v) is 7.98. The summed E-state index contributed by atoms with van der Waals surface area (Å²) < 4.78 is 0. The van der Waals surface area contributed by atoms with Crippen molar-refractivity contribution in [3.8, 4) is 11.8 Å².